The van der Waals surface area contributed by atoms with Crippen LogP contribution < -0.4 is 9.64 Å². The predicted octanol–water partition coefficient (Wildman–Crippen LogP) is 6.78. The van der Waals surface area contributed by atoms with Crippen molar-refractivity contribution in [2.24, 2.45) is 11.8 Å². The lowest BCUT2D eigenvalue weighted by molar-refractivity contribution is -0.122. The van der Waals surface area contributed by atoms with Crippen LogP contribution in [0.3, 0.4) is 0 Å². The first-order valence-corrected chi connectivity index (χ1v) is 13.3. The van der Waals surface area contributed by atoms with E-state index in [1.807, 2.05) is 24.3 Å². The molecule has 0 spiro atoms. The molecule has 36 heavy (non-hydrogen) atoms. The maximum absolute atomic E-state index is 14.0. The van der Waals surface area contributed by atoms with Crippen LogP contribution in [-0.2, 0) is 9.59 Å². The summed E-state index contributed by atoms with van der Waals surface area (Å²) >= 11 is 0. The van der Waals surface area contributed by atoms with E-state index in [4.69, 9.17) is 4.74 Å². The SMILES string of the molecule is CCCCCOc1ccc(N2C(=O)[C@H]3[C@@H]4c5ccccc5[C@H](c5cc(C(C)C)ccc54)[C@@H]3C2=O)cc1. The van der Waals surface area contributed by atoms with E-state index in [-0.39, 0.29) is 35.5 Å². The highest BCUT2D eigenvalue weighted by Crippen LogP contribution is 2.61. The summed E-state index contributed by atoms with van der Waals surface area (Å²) in [5.74, 6) is 0.116. The lowest BCUT2D eigenvalue weighted by Gasteiger charge is -2.46. The van der Waals surface area contributed by atoms with E-state index in [0.717, 1.165) is 25.0 Å². The summed E-state index contributed by atoms with van der Waals surface area (Å²) in [6, 6.07) is 22.5. The quantitative estimate of drug-likeness (QED) is 0.277. The highest BCUT2D eigenvalue weighted by molar-refractivity contribution is 6.23. The Labute approximate surface area is 213 Å². The van der Waals surface area contributed by atoms with E-state index in [1.54, 1.807) is 0 Å². The lowest BCUT2D eigenvalue weighted by Crippen LogP contribution is -2.41. The second-order valence-electron chi connectivity index (χ2n) is 10.7. The summed E-state index contributed by atoms with van der Waals surface area (Å²) in [4.78, 5) is 29.4. The molecule has 1 saturated heterocycles. The Morgan fingerprint density at radius 1 is 0.778 bits per heavy atom. The number of benzene rings is 3. The summed E-state index contributed by atoms with van der Waals surface area (Å²) < 4.78 is 5.84. The summed E-state index contributed by atoms with van der Waals surface area (Å²) in [7, 11) is 0. The lowest BCUT2D eigenvalue weighted by atomic mass is 9.54. The standard InChI is InChI=1S/C32H33NO3/c1-4-5-8-17-36-22-14-12-21(13-15-22)33-31(34)29-27-23-9-6-7-10-24(23)28(30(29)32(33)35)26-18-20(19(2)3)11-16-25(26)27/h6-7,9-16,18-19,27-30H,4-5,8,17H2,1-3H3/t27-,28-,29+,30+/m1/s1. The first-order valence-electron chi connectivity index (χ1n) is 13.3. The molecule has 0 N–H and O–H groups in total. The Morgan fingerprint density at radius 2 is 1.39 bits per heavy atom. The smallest absolute Gasteiger partial charge is 0.238 e. The number of amides is 2. The molecule has 2 bridgehead atoms. The van der Waals surface area contributed by atoms with E-state index in [0.29, 0.717) is 18.2 Å². The van der Waals surface area contributed by atoms with Crippen molar-refractivity contribution >= 4 is 17.5 Å². The van der Waals surface area contributed by atoms with Gasteiger partial charge in [0, 0.05) is 11.8 Å². The van der Waals surface area contributed by atoms with Crippen molar-refractivity contribution in [1.82, 2.24) is 0 Å². The van der Waals surface area contributed by atoms with Crippen LogP contribution in [0, 0.1) is 11.8 Å². The van der Waals surface area contributed by atoms with Gasteiger partial charge in [-0.05, 0) is 64.4 Å². The van der Waals surface area contributed by atoms with Gasteiger partial charge < -0.3 is 4.74 Å². The van der Waals surface area contributed by atoms with Crippen molar-refractivity contribution in [2.75, 3.05) is 11.5 Å². The molecule has 1 fully saturated rings. The minimum atomic E-state index is -0.364. The zero-order valence-corrected chi connectivity index (χ0v) is 21.2. The molecule has 4 nitrogen and oxygen atoms in total. The fourth-order valence-corrected chi connectivity index (χ4v) is 6.59. The molecule has 0 radical (unpaired) electrons. The van der Waals surface area contributed by atoms with Crippen LogP contribution in [0.1, 0.15) is 85.6 Å². The molecule has 3 aromatic rings. The Bertz CT molecular complexity index is 1330. The number of nitrogens with zero attached hydrogens (tertiary/aromatic N) is 1. The number of carbonyl (C=O) groups excluding carboxylic acids is 2. The maximum Gasteiger partial charge on any atom is 0.238 e. The Kier molecular flexibility index (Phi) is 5.70. The summed E-state index contributed by atoms with van der Waals surface area (Å²) in [5, 5.41) is 0. The number of hydrogen-bond acceptors (Lipinski definition) is 3. The van der Waals surface area contributed by atoms with Crippen LogP contribution in [0.15, 0.2) is 66.7 Å². The first kappa shape index (κ1) is 23.0. The van der Waals surface area contributed by atoms with Crippen molar-refractivity contribution in [3.63, 3.8) is 0 Å². The Balaban J connectivity index is 1.37. The molecular formula is C32H33NO3. The van der Waals surface area contributed by atoms with Crippen molar-refractivity contribution in [2.45, 2.75) is 57.8 Å². The number of carbonyl (C=O) groups is 2. The van der Waals surface area contributed by atoms with Crippen LogP contribution in [0.2, 0.25) is 0 Å². The van der Waals surface area contributed by atoms with Crippen LogP contribution in [0.4, 0.5) is 5.69 Å². The summed E-state index contributed by atoms with van der Waals surface area (Å²) in [6.45, 7) is 7.24. The third kappa shape index (κ3) is 3.42. The van der Waals surface area contributed by atoms with Crippen molar-refractivity contribution in [3.05, 3.63) is 94.5 Å². The fourth-order valence-electron chi connectivity index (χ4n) is 6.59. The minimum Gasteiger partial charge on any atom is -0.494 e. The van der Waals surface area contributed by atoms with Gasteiger partial charge in [0.05, 0.1) is 24.1 Å². The predicted molar refractivity (Wildman–Crippen MR) is 142 cm³/mol. The fraction of sp³-hybridized carbons (Fsp3) is 0.375. The van der Waals surface area contributed by atoms with Gasteiger partial charge in [0.1, 0.15) is 5.75 Å². The normalized spacial score (nSPS) is 23.6. The van der Waals surface area contributed by atoms with Crippen LogP contribution in [0.25, 0.3) is 0 Å². The molecule has 0 aromatic heterocycles. The van der Waals surface area contributed by atoms with Crippen molar-refractivity contribution < 1.29 is 14.3 Å². The third-order valence-electron chi connectivity index (χ3n) is 8.34. The van der Waals surface area contributed by atoms with Gasteiger partial charge in [-0.25, -0.2) is 4.90 Å². The van der Waals surface area contributed by atoms with Crippen molar-refractivity contribution in [1.29, 1.82) is 0 Å². The first-order chi connectivity index (χ1) is 17.5. The second-order valence-corrected chi connectivity index (χ2v) is 10.7. The molecule has 4 heteroatoms. The van der Waals surface area contributed by atoms with Gasteiger partial charge in [-0.15, -0.1) is 0 Å². The molecule has 4 aliphatic rings. The number of anilines is 1. The number of hydrogen-bond donors (Lipinski definition) is 0. The van der Waals surface area contributed by atoms with Gasteiger partial charge in [0.25, 0.3) is 0 Å². The Morgan fingerprint density at radius 3 is 2.00 bits per heavy atom. The van der Waals surface area contributed by atoms with Gasteiger partial charge in [0.2, 0.25) is 11.8 Å². The van der Waals surface area contributed by atoms with E-state index >= 15 is 0 Å². The van der Waals surface area contributed by atoms with Gasteiger partial charge in [-0.1, -0.05) is 76.1 Å². The van der Waals surface area contributed by atoms with Crippen LogP contribution in [-0.4, -0.2) is 18.4 Å². The van der Waals surface area contributed by atoms with Crippen molar-refractivity contribution in [3.8, 4) is 5.75 Å². The van der Waals surface area contributed by atoms with Gasteiger partial charge in [0.15, 0.2) is 0 Å². The van der Waals surface area contributed by atoms with E-state index < -0.39 is 0 Å². The molecule has 3 aliphatic carbocycles. The highest BCUT2D eigenvalue weighted by Gasteiger charge is 2.61. The topological polar surface area (TPSA) is 46.6 Å². The molecule has 1 heterocycles. The Hall–Kier alpha value is -3.40. The number of ether oxygens (including phenoxy) is 1. The molecule has 3 aromatic carbocycles. The van der Waals surface area contributed by atoms with E-state index in [1.165, 1.54) is 32.7 Å². The van der Waals surface area contributed by atoms with E-state index in [2.05, 4.69) is 63.2 Å². The maximum atomic E-state index is 14.0. The monoisotopic (exact) mass is 479 g/mol. The summed E-state index contributed by atoms with van der Waals surface area (Å²) in [5.41, 5.74) is 6.76. The molecule has 184 valence electrons. The highest BCUT2D eigenvalue weighted by atomic mass is 16.5. The second kappa shape index (κ2) is 8.92. The van der Waals surface area contributed by atoms with Gasteiger partial charge >= 0.3 is 0 Å². The molecular weight excluding hydrogens is 446 g/mol. The summed E-state index contributed by atoms with van der Waals surface area (Å²) in [6.07, 6.45) is 3.31. The molecule has 2 amide bonds. The van der Waals surface area contributed by atoms with Gasteiger partial charge in [-0.2, -0.15) is 0 Å². The van der Waals surface area contributed by atoms with Gasteiger partial charge in [-0.3, -0.25) is 9.59 Å². The molecule has 7 rings (SSSR count). The minimum absolute atomic E-state index is 0.0771. The largest absolute Gasteiger partial charge is 0.494 e. The zero-order valence-electron chi connectivity index (χ0n) is 21.2. The molecule has 0 saturated carbocycles. The van der Waals surface area contributed by atoms with Crippen LogP contribution in [0.5, 0.6) is 5.75 Å². The number of rotatable bonds is 7. The molecule has 0 unspecified atom stereocenters. The molecule has 1 aliphatic heterocycles. The number of unbranched alkanes of at least 4 members (excludes halogenated alkanes) is 2. The molecule has 4 atom stereocenters. The zero-order chi connectivity index (χ0) is 25.0. The average Bonchev–Trinajstić information content (AvgIpc) is 3.17. The van der Waals surface area contributed by atoms with E-state index in [9.17, 15) is 9.59 Å². The third-order valence-corrected chi connectivity index (χ3v) is 8.34. The average molecular weight is 480 g/mol. The van der Waals surface area contributed by atoms with Crippen LogP contribution >= 0.6 is 0 Å². The number of imide groups is 1.